The van der Waals surface area contributed by atoms with Crippen molar-refractivity contribution in [3.63, 3.8) is 0 Å². The second kappa shape index (κ2) is 9.75. The van der Waals surface area contributed by atoms with E-state index in [2.05, 4.69) is 21.2 Å². The molecule has 0 spiro atoms. The largest absolute Gasteiger partial charge is 0.482 e. The molecule has 0 fully saturated rings. The van der Waals surface area contributed by atoms with Crippen molar-refractivity contribution in [2.45, 2.75) is 24.3 Å². The van der Waals surface area contributed by atoms with Crippen LogP contribution in [0.4, 0.5) is 5.69 Å². The van der Waals surface area contributed by atoms with Gasteiger partial charge in [-0.15, -0.1) is 0 Å². The molecule has 1 N–H and O–H groups in total. The summed E-state index contributed by atoms with van der Waals surface area (Å²) < 4.78 is 34.2. The number of halogens is 2. The second-order valence-corrected chi connectivity index (χ2v) is 10.9. The van der Waals surface area contributed by atoms with E-state index in [4.69, 9.17) is 16.3 Å². The fourth-order valence-electron chi connectivity index (χ4n) is 3.73. The predicted molar refractivity (Wildman–Crippen MR) is 132 cm³/mol. The Morgan fingerprint density at radius 1 is 1.15 bits per heavy atom. The van der Waals surface area contributed by atoms with Crippen LogP contribution in [0.25, 0.3) is 0 Å². The number of para-hydroxylation sites is 1. The van der Waals surface area contributed by atoms with Gasteiger partial charge in [0.25, 0.3) is 15.9 Å². The minimum atomic E-state index is -3.76. The SMILES string of the molecule is C[C@@H](NC(=O)COc1ccc(S(=O)(=O)N2CCc3ccccc32)cc1Cl)c1cccc(Br)c1. The average Bonchev–Trinajstić information content (AvgIpc) is 3.23. The lowest BCUT2D eigenvalue weighted by molar-refractivity contribution is -0.123. The van der Waals surface area contributed by atoms with Gasteiger partial charge in [-0.3, -0.25) is 9.10 Å². The highest BCUT2D eigenvalue weighted by molar-refractivity contribution is 9.10. The van der Waals surface area contributed by atoms with Gasteiger partial charge in [0.1, 0.15) is 5.75 Å². The molecule has 4 rings (SSSR count). The molecule has 0 saturated heterocycles. The van der Waals surface area contributed by atoms with Crippen LogP contribution in [0.2, 0.25) is 5.02 Å². The molecule has 33 heavy (non-hydrogen) atoms. The summed E-state index contributed by atoms with van der Waals surface area (Å²) in [6.07, 6.45) is 0.664. The lowest BCUT2D eigenvalue weighted by Gasteiger charge is -2.20. The number of nitrogens with one attached hydrogen (secondary N) is 1. The summed E-state index contributed by atoms with van der Waals surface area (Å²) >= 11 is 9.72. The first-order chi connectivity index (χ1) is 15.8. The Morgan fingerprint density at radius 3 is 2.70 bits per heavy atom. The van der Waals surface area contributed by atoms with Gasteiger partial charge in [-0.1, -0.05) is 57.9 Å². The fraction of sp³-hybridized carbons (Fsp3) is 0.208. The number of carbonyl (C=O) groups excluding carboxylic acids is 1. The number of carbonyl (C=O) groups is 1. The van der Waals surface area contributed by atoms with Gasteiger partial charge >= 0.3 is 0 Å². The molecule has 6 nitrogen and oxygen atoms in total. The molecule has 1 amide bonds. The van der Waals surface area contributed by atoms with Crippen LogP contribution in [0.15, 0.2) is 76.1 Å². The van der Waals surface area contributed by atoms with E-state index in [1.807, 2.05) is 49.4 Å². The highest BCUT2D eigenvalue weighted by atomic mass is 79.9. The fourth-order valence-corrected chi connectivity index (χ4v) is 5.98. The summed E-state index contributed by atoms with van der Waals surface area (Å²) in [6, 6.07) is 19.2. The van der Waals surface area contributed by atoms with Crippen molar-refractivity contribution in [3.05, 3.63) is 87.4 Å². The predicted octanol–water partition coefficient (Wildman–Crippen LogP) is 5.11. The van der Waals surface area contributed by atoms with Crippen LogP contribution >= 0.6 is 27.5 Å². The number of nitrogens with zero attached hydrogens (tertiary/aromatic N) is 1. The van der Waals surface area contributed by atoms with Crippen LogP contribution in [-0.4, -0.2) is 27.5 Å². The number of ether oxygens (including phenoxy) is 1. The van der Waals surface area contributed by atoms with Crippen molar-refractivity contribution < 1.29 is 17.9 Å². The average molecular weight is 550 g/mol. The maximum Gasteiger partial charge on any atom is 0.264 e. The van der Waals surface area contributed by atoms with Crippen molar-refractivity contribution in [2.24, 2.45) is 0 Å². The number of anilines is 1. The number of amides is 1. The zero-order valence-electron chi connectivity index (χ0n) is 17.8. The smallest absolute Gasteiger partial charge is 0.264 e. The highest BCUT2D eigenvalue weighted by Crippen LogP contribution is 2.35. The standard InChI is InChI=1S/C24H22BrClN2O4S/c1-16(18-6-4-7-19(25)13-18)27-24(29)15-32-23-10-9-20(14-21(23)26)33(30,31)28-12-11-17-5-2-3-8-22(17)28/h2-10,13-14,16H,11-12,15H2,1H3,(H,27,29)/t16-/m1/s1. The summed E-state index contributed by atoms with van der Waals surface area (Å²) in [5.74, 6) is -0.0772. The summed E-state index contributed by atoms with van der Waals surface area (Å²) in [4.78, 5) is 12.4. The van der Waals surface area contributed by atoms with E-state index in [0.717, 1.165) is 15.6 Å². The van der Waals surface area contributed by atoms with Crippen LogP contribution in [0, 0.1) is 0 Å². The number of hydrogen-bond donors (Lipinski definition) is 1. The summed E-state index contributed by atoms with van der Waals surface area (Å²) in [6.45, 7) is 2.01. The van der Waals surface area contributed by atoms with E-state index >= 15 is 0 Å². The third-order valence-electron chi connectivity index (χ3n) is 5.42. The van der Waals surface area contributed by atoms with E-state index in [1.165, 1.54) is 22.5 Å². The zero-order chi connectivity index (χ0) is 23.6. The van der Waals surface area contributed by atoms with E-state index < -0.39 is 10.0 Å². The highest BCUT2D eigenvalue weighted by Gasteiger charge is 2.31. The number of rotatable bonds is 7. The molecule has 1 aliphatic heterocycles. The Morgan fingerprint density at radius 2 is 1.94 bits per heavy atom. The van der Waals surface area contributed by atoms with E-state index in [0.29, 0.717) is 18.7 Å². The van der Waals surface area contributed by atoms with Gasteiger partial charge in [0, 0.05) is 11.0 Å². The Bertz CT molecular complexity index is 1300. The van der Waals surface area contributed by atoms with Crippen LogP contribution in [0.5, 0.6) is 5.75 Å². The van der Waals surface area contributed by atoms with Crippen molar-refractivity contribution in [1.82, 2.24) is 5.32 Å². The minimum Gasteiger partial charge on any atom is -0.482 e. The molecule has 0 saturated carbocycles. The third-order valence-corrected chi connectivity index (χ3v) is 8.02. The number of benzene rings is 3. The number of sulfonamides is 1. The topological polar surface area (TPSA) is 75.7 Å². The van der Waals surface area contributed by atoms with Gasteiger partial charge in [-0.25, -0.2) is 8.42 Å². The molecule has 0 aliphatic carbocycles. The molecule has 1 atom stereocenters. The molecule has 3 aromatic rings. The molecule has 3 aromatic carbocycles. The first-order valence-corrected chi connectivity index (χ1v) is 12.9. The quantitative estimate of drug-likeness (QED) is 0.444. The molecule has 172 valence electrons. The summed E-state index contributed by atoms with van der Waals surface area (Å²) in [5.41, 5.74) is 2.63. The minimum absolute atomic E-state index is 0.0734. The van der Waals surface area contributed by atoms with E-state index in [1.54, 1.807) is 6.07 Å². The first-order valence-electron chi connectivity index (χ1n) is 10.3. The van der Waals surface area contributed by atoms with E-state index in [-0.39, 0.29) is 34.2 Å². The molecular formula is C24H22BrClN2O4S. The second-order valence-electron chi connectivity index (χ2n) is 7.68. The van der Waals surface area contributed by atoms with E-state index in [9.17, 15) is 13.2 Å². The van der Waals surface area contributed by atoms with Crippen molar-refractivity contribution in [1.29, 1.82) is 0 Å². The van der Waals surface area contributed by atoms with Gasteiger partial charge in [0.15, 0.2) is 6.61 Å². The van der Waals surface area contributed by atoms with Gasteiger partial charge < -0.3 is 10.1 Å². The molecule has 0 unspecified atom stereocenters. The van der Waals surface area contributed by atoms with Crippen LogP contribution in [0.1, 0.15) is 24.1 Å². The van der Waals surface area contributed by atoms with Crippen molar-refractivity contribution >= 4 is 49.1 Å². The van der Waals surface area contributed by atoms with Crippen molar-refractivity contribution in [2.75, 3.05) is 17.5 Å². The molecule has 0 bridgehead atoms. The molecule has 0 radical (unpaired) electrons. The number of hydrogen-bond acceptors (Lipinski definition) is 4. The lowest BCUT2D eigenvalue weighted by Crippen LogP contribution is -2.31. The zero-order valence-corrected chi connectivity index (χ0v) is 21.0. The maximum atomic E-state index is 13.2. The normalized spacial score (nSPS) is 14.0. The Kier molecular flexibility index (Phi) is 6.97. The van der Waals surface area contributed by atoms with Gasteiger partial charge in [0.05, 0.1) is 21.6 Å². The lowest BCUT2D eigenvalue weighted by atomic mass is 10.1. The molecular weight excluding hydrogens is 528 g/mol. The Labute approximate surface area is 206 Å². The molecule has 1 aliphatic rings. The van der Waals surface area contributed by atoms with Crippen molar-refractivity contribution in [3.8, 4) is 5.75 Å². The Hall–Kier alpha value is -2.55. The molecule has 9 heteroatoms. The van der Waals surface area contributed by atoms with Gasteiger partial charge in [-0.05, 0) is 60.9 Å². The first kappa shape index (κ1) is 23.6. The monoisotopic (exact) mass is 548 g/mol. The summed E-state index contributed by atoms with van der Waals surface area (Å²) in [5, 5.41) is 2.99. The molecule has 0 aromatic heterocycles. The number of fused-ring (bicyclic) bond motifs is 1. The van der Waals surface area contributed by atoms with Crippen LogP contribution < -0.4 is 14.4 Å². The van der Waals surface area contributed by atoms with Crippen LogP contribution in [0.3, 0.4) is 0 Å². The Balaban J connectivity index is 1.41. The van der Waals surface area contributed by atoms with Crippen LogP contribution in [-0.2, 0) is 21.2 Å². The van der Waals surface area contributed by atoms with Gasteiger partial charge in [0.2, 0.25) is 0 Å². The van der Waals surface area contributed by atoms with Gasteiger partial charge in [-0.2, -0.15) is 0 Å². The third kappa shape index (κ3) is 5.18. The molecule has 1 heterocycles. The maximum absolute atomic E-state index is 13.2. The summed E-state index contributed by atoms with van der Waals surface area (Å²) in [7, 11) is -3.76.